The summed E-state index contributed by atoms with van der Waals surface area (Å²) in [7, 11) is 0. The molecule has 0 aliphatic rings. The van der Waals surface area contributed by atoms with Crippen LogP contribution in [0.1, 0.15) is 25.5 Å². The highest BCUT2D eigenvalue weighted by atomic mass is 79.9. The monoisotopic (exact) mass is 311 g/mol. The second-order valence-electron chi connectivity index (χ2n) is 4.68. The van der Waals surface area contributed by atoms with Gasteiger partial charge in [-0.05, 0) is 25.3 Å². The fraction of sp³-hybridized carbons (Fsp3) is 0.538. The van der Waals surface area contributed by atoms with Crippen molar-refractivity contribution in [2.75, 3.05) is 5.33 Å². The molecule has 2 rings (SSSR count). The third kappa shape index (κ3) is 2.66. The molecule has 2 aromatic heterocycles. The van der Waals surface area contributed by atoms with Crippen molar-refractivity contribution in [3.8, 4) is 0 Å². The molecule has 2 aromatic rings. The van der Waals surface area contributed by atoms with E-state index in [0.29, 0.717) is 11.4 Å². The van der Waals surface area contributed by atoms with E-state index in [4.69, 9.17) is 0 Å². The molecule has 18 heavy (non-hydrogen) atoms. The van der Waals surface area contributed by atoms with Crippen molar-refractivity contribution in [1.29, 1.82) is 0 Å². The smallest absolute Gasteiger partial charge is 0.276 e. The Morgan fingerprint density at radius 2 is 2.22 bits per heavy atom. The summed E-state index contributed by atoms with van der Waals surface area (Å²) in [5.74, 6) is 0.499. The van der Waals surface area contributed by atoms with Crippen LogP contribution in [0.15, 0.2) is 23.3 Å². The number of hydrogen-bond acceptors (Lipinski definition) is 2. The first kappa shape index (κ1) is 13.3. The lowest BCUT2D eigenvalue weighted by Gasteiger charge is -2.14. The zero-order chi connectivity index (χ0) is 13.1. The number of nitrogens with zero attached hydrogens (tertiary/aromatic N) is 3. The number of aryl methyl sites for hydroxylation is 1. The van der Waals surface area contributed by atoms with Crippen LogP contribution in [0.2, 0.25) is 0 Å². The molecule has 1 atom stereocenters. The van der Waals surface area contributed by atoms with Crippen LogP contribution in [0, 0.1) is 12.8 Å². The van der Waals surface area contributed by atoms with Gasteiger partial charge in [0.2, 0.25) is 0 Å². The van der Waals surface area contributed by atoms with Crippen LogP contribution in [0.3, 0.4) is 0 Å². The summed E-state index contributed by atoms with van der Waals surface area (Å²) in [6.07, 6.45) is 5.94. The largest absolute Gasteiger partial charge is 0.312 e. The fourth-order valence-electron chi connectivity index (χ4n) is 2.20. The van der Waals surface area contributed by atoms with Crippen molar-refractivity contribution in [3.05, 3.63) is 34.5 Å². The van der Waals surface area contributed by atoms with E-state index in [1.807, 2.05) is 25.4 Å². The fourth-order valence-corrected chi connectivity index (χ4v) is 2.72. The van der Waals surface area contributed by atoms with E-state index in [0.717, 1.165) is 30.4 Å². The summed E-state index contributed by atoms with van der Waals surface area (Å²) in [6, 6.07) is 1.84. The lowest BCUT2D eigenvalue weighted by Crippen LogP contribution is -2.25. The maximum Gasteiger partial charge on any atom is 0.276 e. The van der Waals surface area contributed by atoms with Gasteiger partial charge in [0.15, 0.2) is 0 Å². The van der Waals surface area contributed by atoms with Gasteiger partial charge in [0, 0.05) is 24.3 Å². The molecule has 0 fully saturated rings. The molecule has 0 saturated heterocycles. The Morgan fingerprint density at radius 1 is 1.44 bits per heavy atom. The Bertz CT molecular complexity index is 587. The van der Waals surface area contributed by atoms with E-state index in [1.54, 1.807) is 9.08 Å². The van der Waals surface area contributed by atoms with Crippen LogP contribution < -0.4 is 5.56 Å². The van der Waals surface area contributed by atoms with Crippen LogP contribution in [-0.4, -0.2) is 19.5 Å². The molecule has 1 unspecified atom stereocenters. The van der Waals surface area contributed by atoms with Crippen molar-refractivity contribution in [2.24, 2.45) is 5.92 Å². The first-order valence-electron chi connectivity index (χ1n) is 6.27. The summed E-state index contributed by atoms with van der Waals surface area (Å²) in [5.41, 5.74) is 1.57. The molecule has 2 heterocycles. The molecule has 0 aliphatic carbocycles. The summed E-state index contributed by atoms with van der Waals surface area (Å²) in [4.78, 5) is 12.3. The van der Waals surface area contributed by atoms with Crippen LogP contribution >= 0.6 is 15.9 Å². The van der Waals surface area contributed by atoms with Gasteiger partial charge in [-0.2, -0.15) is 5.10 Å². The van der Waals surface area contributed by atoms with E-state index >= 15 is 0 Å². The number of rotatable bonds is 5. The van der Waals surface area contributed by atoms with E-state index in [1.165, 1.54) is 0 Å². The summed E-state index contributed by atoms with van der Waals surface area (Å²) < 4.78 is 3.44. The van der Waals surface area contributed by atoms with Crippen molar-refractivity contribution in [3.63, 3.8) is 0 Å². The topological polar surface area (TPSA) is 39.3 Å². The average Bonchev–Trinajstić information content (AvgIpc) is 2.73. The Kier molecular flexibility index (Phi) is 4.22. The molecule has 0 saturated carbocycles. The molecule has 0 bridgehead atoms. The summed E-state index contributed by atoms with van der Waals surface area (Å²) in [6.45, 7) is 4.83. The van der Waals surface area contributed by atoms with Gasteiger partial charge in [-0.1, -0.05) is 29.3 Å². The Morgan fingerprint density at radius 3 is 2.89 bits per heavy atom. The number of alkyl halides is 1. The first-order valence-corrected chi connectivity index (χ1v) is 7.39. The van der Waals surface area contributed by atoms with E-state index < -0.39 is 0 Å². The number of halogens is 1. The van der Waals surface area contributed by atoms with Crippen molar-refractivity contribution in [2.45, 2.75) is 33.2 Å². The van der Waals surface area contributed by atoms with Crippen LogP contribution in [0.25, 0.3) is 5.52 Å². The highest BCUT2D eigenvalue weighted by molar-refractivity contribution is 9.09. The van der Waals surface area contributed by atoms with Crippen LogP contribution in [0.5, 0.6) is 0 Å². The maximum atomic E-state index is 12.3. The molecule has 4 nitrogen and oxygen atoms in total. The van der Waals surface area contributed by atoms with Crippen LogP contribution in [-0.2, 0) is 6.54 Å². The summed E-state index contributed by atoms with van der Waals surface area (Å²) in [5, 5.41) is 5.17. The third-order valence-corrected chi connectivity index (χ3v) is 4.01. The normalized spacial score (nSPS) is 13.1. The maximum absolute atomic E-state index is 12.3. The minimum atomic E-state index is 0.0418. The molecule has 0 aliphatic heterocycles. The van der Waals surface area contributed by atoms with Crippen molar-refractivity contribution in [1.82, 2.24) is 14.2 Å². The molecule has 0 spiro atoms. The first-order chi connectivity index (χ1) is 8.65. The van der Waals surface area contributed by atoms with E-state index in [2.05, 4.69) is 28.0 Å². The standard InChI is InChI=1S/C13H18BrN3O/c1-3-4-11(8-14)9-16-5-6-17-12(13(16)18)7-10(2)15-17/h5-7,11H,3-4,8-9H2,1-2H3. The second-order valence-corrected chi connectivity index (χ2v) is 5.33. The molecule has 0 aromatic carbocycles. The van der Waals surface area contributed by atoms with Gasteiger partial charge < -0.3 is 4.57 Å². The number of aromatic nitrogens is 3. The lowest BCUT2D eigenvalue weighted by atomic mass is 10.1. The molecule has 0 radical (unpaired) electrons. The molecular weight excluding hydrogens is 294 g/mol. The third-order valence-electron chi connectivity index (χ3n) is 3.10. The Balaban J connectivity index is 2.33. The van der Waals surface area contributed by atoms with Gasteiger partial charge in [-0.15, -0.1) is 0 Å². The SMILES string of the molecule is CCCC(CBr)Cn1ccn2nc(C)cc2c1=O. The molecular formula is C13H18BrN3O. The van der Waals surface area contributed by atoms with E-state index in [-0.39, 0.29) is 5.56 Å². The lowest BCUT2D eigenvalue weighted by molar-refractivity contribution is 0.447. The number of fused-ring (bicyclic) bond motifs is 1. The minimum Gasteiger partial charge on any atom is -0.312 e. The predicted molar refractivity (Wildman–Crippen MR) is 76.4 cm³/mol. The second kappa shape index (κ2) is 5.69. The van der Waals surface area contributed by atoms with Crippen molar-refractivity contribution >= 4 is 21.4 Å². The zero-order valence-electron chi connectivity index (χ0n) is 10.8. The van der Waals surface area contributed by atoms with Gasteiger partial charge in [-0.25, -0.2) is 4.52 Å². The highest BCUT2D eigenvalue weighted by Gasteiger charge is 2.10. The quantitative estimate of drug-likeness (QED) is 0.796. The van der Waals surface area contributed by atoms with Gasteiger partial charge in [0.1, 0.15) is 5.52 Å². The predicted octanol–water partition coefficient (Wildman–Crippen LogP) is 2.62. The number of hydrogen-bond donors (Lipinski definition) is 0. The Labute approximate surface area is 115 Å². The highest BCUT2D eigenvalue weighted by Crippen LogP contribution is 2.12. The molecule has 0 N–H and O–H groups in total. The Hall–Kier alpha value is -1.10. The zero-order valence-corrected chi connectivity index (χ0v) is 12.4. The van der Waals surface area contributed by atoms with Gasteiger partial charge in [0.25, 0.3) is 5.56 Å². The average molecular weight is 312 g/mol. The van der Waals surface area contributed by atoms with Gasteiger partial charge in [0.05, 0.1) is 5.69 Å². The molecule has 5 heteroatoms. The molecule has 0 amide bonds. The van der Waals surface area contributed by atoms with Gasteiger partial charge in [-0.3, -0.25) is 4.79 Å². The van der Waals surface area contributed by atoms with Gasteiger partial charge >= 0.3 is 0 Å². The minimum absolute atomic E-state index is 0.0418. The van der Waals surface area contributed by atoms with Crippen LogP contribution in [0.4, 0.5) is 0 Å². The van der Waals surface area contributed by atoms with Crippen molar-refractivity contribution < 1.29 is 0 Å². The van der Waals surface area contributed by atoms with E-state index in [9.17, 15) is 4.79 Å². The summed E-state index contributed by atoms with van der Waals surface area (Å²) >= 11 is 3.52. The molecule has 98 valence electrons.